The quantitative estimate of drug-likeness (QED) is 0.718. The molecular formula is C14H17N3O. The van der Waals surface area contributed by atoms with Gasteiger partial charge in [-0.3, -0.25) is 4.98 Å². The summed E-state index contributed by atoms with van der Waals surface area (Å²) in [7, 11) is 0. The summed E-state index contributed by atoms with van der Waals surface area (Å²) in [6.07, 6.45) is 5.58. The van der Waals surface area contributed by atoms with Crippen molar-refractivity contribution in [2.24, 2.45) is 5.92 Å². The Hall–Kier alpha value is -1.81. The molecule has 0 saturated heterocycles. The molecule has 0 spiro atoms. The molecule has 94 valence electrons. The number of aromatic nitrogens is 1. The summed E-state index contributed by atoms with van der Waals surface area (Å²) in [6, 6.07) is 5.74. The zero-order valence-corrected chi connectivity index (χ0v) is 10.1. The first-order chi connectivity index (χ1) is 8.75. The highest BCUT2D eigenvalue weighted by Crippen LogP contribution is 2.33. The molecule has 0 radical (unpaired) electrons. The Balaban J connectivity index is 1.85. The summed E-state index contributed by atoms with van der Waals surface area (Å²) in [5, 5.41) is 15.2. The third-order valence-electron chi connectivity index (χ3n) is 3.52. The lowest BCUT2D eigenvalue weighted by atomic mass is 10.1. The molecule has 1 unspecified atom stereocenters. The second-order valence-corrected chi connectivity index (χ2v) is 4.91. The molecule has 18 heavy (non-hydrogen) atoms. The average molecular weight is 243 g/mol. The summed E-state index contributed by atoms with van der Waals surface area (Å²) in [4.78, 5) is 4.13. The molecule has 1 aromatic heterocycles. The van der Waals surface area contributed by atoms with E-state index in [0.717, 1.165) is 35.0 Å². The molecule has 0 amide bonds. The molecule has 1 atom stereocenters. The zero-order chi connectivity index (χ0) is 12.5. The van der Waals surface area contributed by atoms with Crippen molar-refractivity contribution in [1.82, 2.24) is 4.98 Å². The molecule has 1 saturated carbocycles. The minimum Gasteiger partial charge on any atom is -0.398 e. The van der Waals surface area contributed by atoms with Crippen molar-refractivity contribution >= 4 is 22.1 Å². The molecule has 1 heterocycles. The average Bonchev–Trinajstić information content (AvgIpc) is 3.22. The van der Waals surface area contributed by atoms with E-state index >= 15 is 0 Å². The number of fused-ring (bicyclic) bond motifs is 1. The first kappa shape index (κ1) is 11.3. The summed E-state index contributed by atoms with van der Waals surface area (Å²) in [6.45, 7) is 0.582. The molecule has 2 aromatic rings. The van der Waals surface area contributed by atoms with Crippen molar-refractivity contribution in [1.29, 1.82) is 0 Å². The molecule has 1 fully saturated rings. The van der Waals surface area contributed by atoms with Crippen molar-refractivity contribution in [3.05, 3.63) is 30.6 Å². The number of pyridine rings is 1. The van der Waals surface area contributed by atoms with E-state index in [2.05, 4.69) is 10.3 Å². The third-order valence-corrected chi connectivity index (χ3v) is 3.52. The highest BCUT2D eigenvalue weighted by atomic mass is 16.3. The molecule has 0 bridgehead atoms. The van der Waals surface area contributed by atoms with Gasteiger partial charge in [-0.2, -0.15) is 0 Å². The van der Waals surface area contributed by atoms with Gasteiger partial charge in [0, 0.05) is 41.1 Å². The number of nitrogens with one attached hydrogen (secondary N) is 1. The number of nitrogens with two attached hydrogens (primary N) is 1. The fraction of sp³-hybridized carbons (Fsp3) is 0.357. The first-order valence-electron chi connectivity index (χ1n) is 6.30. The minimum absolute atomic E-state index is 0.255. The maximum atomic E-state index is 9.87. The monoisotopic (exact) mass is 243 g/mol. The Morgan fingerprint density at radius 3 is 2.94 bits per heavy atom. The number of rotatable bonds is 4. The summed E-state index contributed by atoms with van der Waals surface area (Å²) >= 11 is 0. The van der Waals surface area contributed by atoms with Gasteiger partial charge < -0.3 is 16.2 Å². The highest BCUT2D eigenvalue weighted by Gasteiger charge is 2.29. The van der Waals surface area contributed by atoms with Crippen molar-refractivity contribution in [2.45, 2.75) is 18.9 Å². The van der Waals surface area contributed by atoms with Crippen LogP contribution in [0.4, 0.5) is 11.4 Å². The Bertz CT molecular complexity index is 566. The molecule has 1 aromatic carbocycles. The summed E-state index contributed by atoms with van der Waals surface area (Å²) in [5.74, 6) is 0.482. The zero-order valence-electron chi connectivity index (χ0n) is 10.1. The van der Waals surface area contributed by atoms with E-state index in [1.807, 2.05) is 18.2 Å². The smallest absolute Gasteiger partial charge is 0.0740 e. The van der Waals surface area contributed by atoms with Crippen molar-refractivity contribution in [2.75, 3.05) is 17.6 Å². The van der Waals surface area contributed by atoms with Gasteiger partial charge in [0.15, 0.2) is 0 Å². The lowest BCUT2D eigenvalue weighted by Gasteiger charge is -2.14. The van der Waals surface area contributed by atoms with E-state index in [0.29, 0.717) is 12.5 Å². The standard InChI is InChI=1S/C14H17N3O/c15-12-3-4-13(11-7-16-6-5-10(11)12)17-8-14(18)9-1-2-9/h3-7,9,14,17-18H,1-2,8,15H2. The molecule has 1 aliphatic carbocycles. The number of aliphatic hydroxyl groups excluding tert-OH is 1. The van der Waals surface area contributed by atoms with Gasteiger partial charge in [0.05, 0.1) is 6.10 Å². The van der Waals surface area contributed by atoms with Crippen LogP contribution in [-0.2, 0) is 0 Å². The Morgan fingerprint density at radius 1 is 1.33 bits per heavy atom. The summed E-state index contributed by atoms with van der Waals surface area (Å²) < 4.78 is 0. The Kier molecular flexibility index (Phi) is 2.80. The van der Waals surface area contributed by atoms with Crippen molar-refractivity contribution < 1.29 is 5.11 Å². The van der Waals surface area contributed by atoms with Gasteiger partial charge in [-0.1, -0.05) is 0 Å². The second-order valence-electron chi connectivity index (χ2n) is 4.91. The van der Waals surface area contributed by atoms with Gasteiger partial charge in [0.2, 0.25) is 0 Å². The fourth-order valence-corrected chi connectivity index (χ4v) is 2.23. The van der Waals surface area contributed by atoms with Crippen LogP contribution >= 0.6 is 0 Å². The largest absolute Gasteiger partial charge is 0.398 e. The fourth-order valence-electron chi connectivity index (χ4n) is 2.23. The first-order valence-corrected chi connectivity index (χ1v) is 6.30. The highest BCUT2D eigenvalue weighted by molar-refractivity contribution is 6.00. The van der Waals surface area contributed by atoms with Crippen LogP contribution in [-0.4, -0.2) is 22.7 Å². The lowest BCUT2D eigenvalue weighted by molar-refractivity contribution is 0.164. The predicted molar refractivity (Wildman–Crippen MR) is 73.4 cm³/mol. The Labute approximate surface area is 106 Å². The molecular weight excluding hydrogens is 226 g/mol. The van der Waals surface area contributed by atoms with E-state index in [-0.39, 0.29) is 6.10 Å². The molecule has 0 aliphatic heterocycles. The SMILES string of the molecule is Nc1ccc(NCC(O)C2CC2)c2cnccc12. The third kappa shape index (κ3) is 2.11. The van der Waals surface area contributed by atoms with E-state index < -0.39 is 0 Å². The van der Waals surface area contributed by atoms with Crippen LogP contribution in [0.1, 0.15) is 12.8 Å². The van der Waals surface area contributed by atoms with Crippen LogP contribution in [0.5, 0.6) is 0 Å². The lowest BCUT2D eigenvalue weighted by Crippen LogP contribution is -2.21. The van der Waals surface area contributed by atoms with Gasteiger partial charge in [-0.25, -0.2) is 0 Å². The number of benzene rings is 1. The van der Waals surface area contributed by atoms with Gasteiger partial charge in [-0.15, -0.1) is 0 Å². The van der Waals surface area contributed by atoms with Crippen LogP contribution in [0.25, 0.3) is 10.8 Å². The van der Waals surface area contributed by atoms with E-state index in [4.69, 9.17) is 5.73 Å². The molecule has 3 rings (SSSR count). The molecule has 1 aliphatic rings. The molecule has 4 N–H and O–H groups in total. The van der Waals surface area contributed by atoms with Gasteiger partial charge in [0.1, 0.15) is 0 Å². The van der Waals surface area contributed by atoms with Crippen LogP contribution in [0, 0.1) is 5.92 Å². The van der Waals surface area contributed by atoms with Crippen LogP contribution in [0.3, 0.4) is 0 Å². The maximum absolute atomic E-state index is 9.87. The number of aliphatic hydroxyl groups is 1. The van der Waals surface area contributed by atoms with Gasteiger partial charge in [-0.05, 0) is 37.0 Å². The van der Waals surface area contributed by atoms with Crippen LogP contribution in [0.15, 0.2) is 30.6 Å². The van der Waals surface area contributed by atoms with Crippen molar-refractivity contribution in [3.63, 3.8) is 0 Å². The van der Waals surface area contributed by atoms with E-state index in [1.165, 1.54) is 0 Å². The van der Waals surface area contributed by atoms with Gasteiger partial charge >= 0.3 is 0 Å². The molecule has 4 heteroatoms. The Morgan fingerprint density at radius 2 is 2.17 bits per heavy atom. The maximum Gasteiger partial charge on any atom is 0.0740 e. The number of hydrogen-bond donors (Lipinski definition) is 3. The predicted octanol–water partition coefficient (Wildman–Crippen LogP) is 2.00. The summed E-state index contributed by atoms with van der Waals surface area (Å²) in [5.41, 5.74) is 7.66. The number of anilines is 2. The minimum atomic E-state index is -0.255. The van der Waals surface area contributed by atoms with Crippen LogP contribution in [0.2, 0.25) is 0 Å². The normalized spacial score (nSPS) is 16.7. The van der Waals surface area contributed by atoms with Crippen LogP contribution < -0.4 is 11.1 Å². The number of nitrogens with zero attached hydrogens (tertiary/aromatic N) is 1. The molecule has 4 nitrogen and oxygen atoms in total. The van der Waals surface area contributed by atoms with E-state index in [1.54, 1.807) is 12.4 Å². The van der Waals surface area contributed by atoms with Crippen molar-refractivity contribution in [3.8, 4) is 0 Å². The van der Waals surface area contributed by atoms with E-state index in [9.17, 15) is 5.11 Å². The second kappa shape index (κ2) is 4.46. The number of nitrogen functional groups attached to an aromatic ring is 1. The number of hydrogen-bond acceptors (Lipinski definition) is 4. The van der Waals surface area contributed by atoms with Gasteiger partial charge in [0.25, 0.3) is 0 Å². The topological polar surface area (TPSA) is 71.2 Å².